The summed E-state index contributed by atoms with van der Waals surface area (Å²) in [5.74, 6) is 1.72. The first-order valence-corrected chi connectivity index (χ1v) is 7.68. The fourth-order valence-corrected chi connectivity index (χ4v) is 2.20. The average molecular weight is 325 g/mol. The van der Waals surface area contributed by atoms with Crippen LogP contribution in [0, 0.1) is 0 Å². The lowest BCUT2D eigenvalue weighted by Crippen LogP contribution is -2.17. The van der Waals surface area contributed by atoms with Gasteiger partial charge in [-0.2, -0.15) is 4.80 Å². The highest BCUT2D eigenvalue weighted by Crippen LogP contribution is 2.17. The molecule has 124 valence electrons. The van der Waals surface area contributed by atoms with E-state index < -0.39 is 6.10 Å². The lowest BCUT2D eigenvalue weighted by Gasteiger charge is -2.10. The third-order valence-electron chi connectivity index (χ3n) is 3.29. The lowest BCUT2D eigenvalue weighted by molar-refractivity contribution is 0.208. The molecule has 8 heteroatoms. The van der Waals surface area contributed by atoms with Crippen molar-refractivity contribution >= 4 is 5.82 Å². The van der Waals surface area contributed by atoms with Gasteiger partial charge in [-0.3, -0.25) is 0 Å². The molecule has 2 N–H and O–H groups in total. The van der Waals surface area contributed by atoms with Crippen LogP contribution >= 0.6 is 0 Å². The number of hydrogen-bond acceptors (Lipinski definition) is 7. The molecular formula is C16H19N7O. The van der Waals surface area contributed by atoms with Gasteiger partial charge in [0.2, 0.25) is 5.82 Å². The Labute approximate surface area is 139 Å². The first-order chi connectivity index (χ1) is 11.6. The van der Waals surface area contributed by atoms with E-state index >= 15 is 0 Å². The van der Waals surface area contributed by atoms with Crippen LogP contribution in [0.5, 0.6) is 0 Å². The molecule has 2 aromatic heterocycles. The second-order valence-electron chi connectivity index (χ2n) is 5.55. The quantitative estimate of drug-likeness (QED) is 0.698. The van der Waals surface area contributed by atoms with Gasteiger partial charge in [0.15, 0.2) is 0 Å². The summed E-state index contributed by atoms with van der Waals surface area (Å²) in [6, 6.07) is 11.7. The average Bonchev–Trinajstić information content (AvgIpc) is 3.00. The number of aryl methyl sites for hydroxylation is 1. The van der Waals surface area contributed by atoms with E-state index in [1.54, 1.807) is 20.0 Å². The summed E-state index contributed by atoms with van der Waals surface area (Å²) in [6.07, 6.45) is 0.119. The van der Waals surface area contributed by atoms with Crippen LogP contribution in [0.3, 0.4) is 0 Å². The van der Waals surface area contributed by atoms with Crippen molar-refractivity contribution in [3.05, 3.63) is 47.8 Å². The fourth-order valence-electron chi connectivity index (χ4n) is 2.20. The van der Waals surface area contributed by atoms with Gasteiger partial charge in [0, 0.05) is 19.0 Å². The van der Waals surface area contributed by atoms with Crippen molar-refractivity contribution in [1.82, 2.24) is 30.2 Å². The fraction of sp³-hybridized carbons (Fsp3) is 0.312. The standard InChI is InChI=1S/C16H19N7O/c1-11(24)10-17-14-9-13(16-20-22-23(2)21-16)18-15(19-14)8-12-6-4-3-5-7-12/h3-7,9,11,24H,8,10H2,1-2H3,(H,17,18,19). The van der Waals surface area contributed by atoms with Gasteiger partial charge in [-0.15, -0.1) is 10.2 Å². The molecule has 0 amide bonds. The summed E-state index contributed by atoms with van der Waals surface area (Å²) in [7, 11) is 1.70. The molecule has 8 nitrogen and oxygen atoms in total. The molecule has 3 aromatic rings. The van der Waals surface area contributed by atoms with Crippen molar-refractivity contribution in [3.63, 3.8) is 0 Å². The summed E-state index contributed by atoms with van der Waals surface area (Å²) in [6.45, 7) is 2.11. The minimum absolute atomic E-state index is 0.398. The van der Waals surface area contributed by atoms with E-state index in [0.717, 1.165) is 5.56 Å². The maximum absolute atomic E-state index is 9.46. The van der Waals surface area contributed by atoms with Crippen molar-refractivity contribution in [2.24, 2.45) is 7.05 Å². The summed E-state index contributed by atoms with van der Waals surface area (Å²) in [4.78, 5) is 10.5. The Balaban J connectivity index is 1.92. The molecule has 2 heterocycles. The molecule has 1 atom stereocenters. The van der Waals surface area contributed by atoms with E-state index in [1.165, 1.54) is 4.80 Å². The number of aromatic nitrogens is 6. The van der Waals surface area contributed by atoms with Gasteiger partial charge >= 0.3 is 0 Å². The summed E-state index contributed by atoms with van der Waals surface area (Å²) in [5, 5.41) is 24.6. The van der Waals surface area contributed by atoms with Gasteiger partial charge in [0.25, 0.3) is 0 Å². The zero-order valence-electron chi connectivity index (χ0n) is 13.6. The highest BCUT2D eigenvalue weighted by atomic mass is 16.3. The summed E-state index contributed by atoms with van der Waals surface area (Å²) < 4.78 is 0. The van der Waals surface area contributed by atoms with Crippen molar-refractivity contribution in [2.75, 3.05) is 11.9 Å². The number of aliphatic hydroxyl groups is 1. The normalized spacial score (nSPS) is 12.1. The van der Waals surface area contributed by atoms with E-state index in [0.29, 0.717) is 36.1 Å². The number of nitrogens with zero attached hydrogens (tertiary/aromatic N) is 6. The van der Waals surface area contributed by atoms with Crippen LogP contribution in [-0.2, 0) is 13.5 Å². The van der Waals surface area contributed by atoms with E-state index in [4.69, 9.17) is 0 Å². The van der Waals surface area contributed by atoms with Crippen LogP contribution in [0.25, 0.3) is 11.5 Å². The van der Waals surface area contributed by atoms with Crippen LogP contribution in [0.4, 0.5) is 5.82 Å². The monoisotopic (exact) mass is 325 g/mol. The van der Waals surface area contributed by atoms with Crippen LogP contribution in [0.1, 0.15) is 18.3 Å². The first kappa shape index (κ1) is 16.0. The zero-order chi connectivity index (χ0) is 16.9. The van der Waals surface area contributed by atoms with Crippen LogP contribution in [0.2, 0.25) is 0 Å². The molecule has 0 radical (unpaired) electrons. The maximum atomic E-state index is 9.46. The van der Waals surface area contributed by atoms with Crippen LogP contribution < -0.4 is 5.32 Å². The molecule has 1 unspecified atom stereocenters. The zero-order valence-corrected chi connectivity index (χ0v) is 13.6. The van der Waals surface area contributed by atoms with Gasteiger partial charge < -0.3 is 10.4 Å². The molecule has 1 aromatic carbocycles. The predicted octanol–water partition coefficient (Wildman–Crippen LogP) is 1.05. The van der Waals surface area contributed by atoms with Crippen LogP contribution in [0.15, 0.2) is 36.4 Å². The van der Waals surface area contributed by atoms with Crippen molar-refractivity contribution < 1.29 is 5.11 Å². The highest BCUT2D eigenvalue weighted by molar-refractivity contribution is 5.54. The van der Waals surface area contributed by atoms with E-state index in [-0.39, 0.29) is 0 Å². The highest BCUT2D eigenvalue weighted by Gasteiger charge is 2.12. The van der Waals surface area contributed by atoms with Crippen LogP contribution in [-0.4, -0.2) is 47.9 Å². The Morgan fingerprint density at radius 1 is 1.21 bits per heavy atom. The van der Waals surface area contributed by atoms with Gasteiger partial charge in [-0.1, -0.05) is 30.3 Å². The number of aliphatic hydroxyl groups excluding tert-OH is 1. The Kier molecular flexibility index (Phi) is 4.76. The van der Waals surface area contributed by atoms with Gasteiger partial charge in [-0.05, 0) is 17.7 Å². The molecule has 0 saturated heterocycles. The van der Waals surface area contributed by atoms with E-state index in [2.05, 4.69) is 30.7 Å². The SMILES string of the molecule is CC(O)CNc1cc(-c2nnn(C)n2)nc(Cc2ccccc2)n1. The third-order valence-corrected chi connectivity index (χ3v) is 3.29. The Morgan fingerprint density at radius 2 is 2.00 bits per heavy atom. The number of rotatable bonds is 6. The Hall–Kier alpha value is -2.87. The molecule has 0 aliphatic rings. The molecule has 0 aliphatic heterocycles. The molecule has 3 rings (SSSR count). The largest absolute Gasteiger partial charge is 0.392 e. The van der Waals surface area contributed by atoms with Crippen molar-refractivity contribution in [1.29, 1.82) is 0 Å². The number of benzene rings is 1. The predicted molar refractivity (Wildman–Crippen MR) is 89.2 cm³/mol. The van der Waals surface area contributed by atoms with E-state index in [1.807, 2.05) is 30.3 Å². The molecular weight excluding hydrogens is 306 g/mol. The topological polar surface area (TPSA) is 102 Å². The summed E-state index contributed by atoms with van der Waals surface area (Å²) >= 11 is 0. The third kappa shape index (κ3) is 4.11. The number of nitrogens with one attached hydrogen (secondary N) is 1. The minimum Gasteiger partial charge on any atom is -0.392 e. The molecule has 0 aliphatic carbocycles. The number of anilines is 1. The second-order valence-corrected chi connectivity index (χ2v) is 5.55. The minimum atomic E-state index is -0.476. The van der Waals surface area contributed by atoms with Gasteiger partial charge in [-0.25, -0.2) is 9.97 Å². The van der Waals surface area contributed by atoms with Crippen molar-refractivity contribution in [2.45, 2.75) is 19.4 Å². The molecule has 24 heavy (non-hydrogen) atoms. The Morgan fingerprint density at radius 3 is 2.67 bits per heavy atom. The molecule has 0 spiro atoms. The lowest BCUT2D eigenvalue weighted by atomic mass is 10.1. The molecule has 0 saturated carbocycles. The smallest absolute Gasteiger partial charge is 0.223 e. The Bertz CT molecular complexity index is 801. The molecule has 0 fully saturated rings. The number of hydrogen-bond donors (Lipinski definition) is 2. The first-order valence-electron chi connectivity index (χ1n) is 7.68. The van der Waals surface area contributed by atoms with Gasteiger partial charge in [0.1, 0.15) is 17.3 Å². The number of tetrazole rings is 1. The maximum Gasteiger partial charge on any atom is 0.223 e. The molecule has 0 bridgehead atoms. The van der Waals surface area contributed by atoms with E-state index in [9.17, 15) is 5.11 Å². The second kappa shape index (κ2) is 7.14. The van der Waals surface area contributed by atoms with Crippen molar-refractivity contribution in [3.8, 4) is 11.5 Å². The van der Waals surface area contributed by atoms with Gasteiger partial charge in [0.05, 0.1) is 13.2 Å². The summed E-state index contributed by atoms with van der Waals surface area (Å²) in [5.41, 5.74) is 1.71.